The highest BCUT2D eigenvalue weighted by atomic mass is 32.2. The van der Waals surface area contributed by atoms with Gasteiger partial charge in [0, 0.05) is 35.0 Å². The Morgan fingerprint density at radius 1 is 0.889 bits per heavy atom. The van der Waals surface area contributed by atoms with E-state index in [-0.39, 0.29) is 18.3 Å². The molecule has 0 saturated carbocycles. The van der Waals surface area contributed by atoms with Crippen LogP contribution in [0.3, 0.4) is 0 Å². The van der Waals surface area contributed by atoms with Crippen LogP contribution in [0.25, 0.3) is 0 Å². The number of nitrogens with zero attached hydrogens (tertiary/aromatic N) is 2. The summed E-state index contributed by atoms with van der Waals surface area (Å²) < 4.78 is 11.6. The molecule has 3 aromatic carbocycles. The number of carbonyl (C=O) groups is 2. The SMILES string of the molecule is CC(=O)c1ccc(OCC(=O)Nc2ccc(OCc3ccccc3)cc2)c(CSc2ncccn2)c1. The van der Waals surface area contributed by atoms with Crippen LogP contribution in [0.1, 0.15) is 28.4 Å². The molecule has 0 radical (unpaired) electrons. The molecule has 8 heteroatoms. The minimum atomic E-state index is -0.298. The molecule has 0 aliphatic rings. The minimum absolute atomic E-state index is 0.0438. The third-order valence-electron chi connectivity index (χ3n) is 5.11. The Hall–Kier alpha value is -4.17. The van der Waals surface area contributed by atoms with Crippen molar-refractivity contribution in [3.05, 3.63) is 108 Å². The van der Waals surface area contributed by atoms with Gasteiger partial charge in [0.05, 0.1) is 0 Å². The van der Waals surface area contributed by atoms with E-state index in [9.17, 15) is 9.59 Å². The lowest BCUT2D eigenvalue weighted by Crippen LogP contribution is -2.20. The van der Waals surface area contributed by atoms with Crippen LogP contribution in [0.15, 0.2) is 96.4 Å². The molecule has 1 N–H and O–H groups in total. The summed E-state index contributed by atoms with van der Waals surface area (Å²) in [5.41, 5.74) is 3.08. The van der Waals surface area contributed by atoms with E-state index in [0.717, 1.165) is 11.1 Å². The molecule has 0 aliphatic heterocycles. The average molecular weight is 500 g/mol. The molecule has 0 saturated heterocycles. The molecule has 0 unspecified atom stereocenters. The maximum Gasteiger partial charge on any atom is 0.262 e. The summed E-state index contributed by atoms with van der Waals surface area (Å²) in [7, 11) is 0. The fraction of sp³-hybridized carbons (Fsp3) is 0.143. The van der Waals surface area contributed by atoms with E-state index in [2.05, 4.69) is 15.3 Å². The summed E-state index contributed by atoms with van der Waals surface area (Å²) in [5.74, 6) is 1.39. The predicted molar refractivity (Wildman–Crippen MR) is 139 cm³/mol. The van der Waals surface area contributed by atoms with E-state index < -0.39 is 0 Å². The number of carbonyl (C=O) groups excluding carboxylic acids is 2. The molecule has 182 valence electrons. The number of thioether (sulfide) groups is 1. The lowest BCUT2D eigenvalue weighted by atomic mass is 10.1. The zero-order valence-electron chi connectivity index (χ0n) is 19.7. The fourth-order valence-electron chi connectivity index (χ4n) is 3.27. The second kappa shape index (κ2) is 12.5. The van der Waals surface area contributed by atoms with Crippen LogP contribution < -0.4 is 14.8 Å². The molecule has 4 aromatic rings. The molecule has 7 nitrogen and oxygen atoms in total. The van der Waals surface area contributed by atoms with Crippen molar-refractivity contribution >= 4 is 29.1 Å². The topological polar surface area (TPSA) is 90.4 Å². The standard InChI is InChI=1S/C28H25N3O4S/c1-20(32)22-8-13-26(23(16-22)19-36-28-29-14-5-15-30-28)35-18-27(33)31-24-9-11-25(12-10-24)34-17-21-6-3-2-4-7-21/h2-16H,17-19H2,1H3,(H,31,33). The van der Waals surface area contributed by atoms with E-state index in [1.54, 1.807) is 60.9 Å². The van der Waals surface area contributed by atoms with Crippen LogP contribution in [0.4, 0.5) is 5.69 Å². The first-order valence-corrected chi connectivity index (χ1v) is 12.3. The van der Waals surface area contributed by atoms with Gasteiger partial charge in [-0.2, -0.15) is 0 Å². The number of nitrogens with one attached hydrogen (secondary N) is 1. The summed E-state index contributed by atoms with van der Waals surface area (Å²) in [6.45, 7) is 1.81. The van der Waals surface area contributed by atoms with Crippen molar-refractivity contribution in [2.75, 3.05) is 11.9 Å². The van der Waals surface area contributed by atoms with E-state index in [1.165, 1.54) is 18.7 Å². The molecule has 4 rings (SSSR count). The monoisotopic (exact) mass is 499 g/mol. The van der Waals surface area contributed by atoms with Crippen molar-refractivity contribution in [3.63, 3.8) is 0 Å². The van der Waals surface area contributed by atoms with Gasteiger partial charge < -0.3 is 14.8 Å². The third kappa shape index (κ3) is 7.41. The first-order valence-electron chi connectivity index (χ1n) is 11.3. The zero-order chi connectivity index (χ0) is 25.2. The summed E-state index contributed by atoms with van der Waals surface area (Å²) in [6, 6.07) is 24.0. The number of benzene rings is 3. The third-order valence-corrected chi connectivity index (χ3v) is 6.04. The van der Waals surface area contributed by atoms with Gasteiger partial charge in [0.25, 0.3) is 5.91 Å². The van der Waals surface area contributed by atoms with Crippen LogP contribution in [0, 0.1) is 0 Å². The van der Waals surface area contributed by atoms with Crippen molar-refractivity contribution in [2.24, 2.45) is 0 Å². The Bertz CT molecular complexity index is 1300. The number of hydrogen-bond donors (Lipinski definition) is 1. The quantitative estimate of drug-likeness (QED) is 0.164. The average Bonchev–Trinajstić information content (AvgIpc) is 2.91. The predicted octanol–water partition coefficient (Wildman–Crippen LogP) is 5.57. The Kier molecular flexibility index (Phi) is 8.67. The summed E-state index contributed by atoms with van der Waals surface area (Å²) in [6.07, 6.45) is 3.34. The molecule has 0 bridgehead atoms. The first kappa shape index (κ1) is 24.9. The minimum Gasteiger partial charge on any atom is -0.489 e. The summed E-state index contributed by atoms with van der Waals surface area (Å²) in [4.78, 5) is 32.8. The number of anilines is 1. The molecule has 0 spiro atoms. The van der Waals surface area contributed by atoms with Gasteiger partial charge in [-0.15, -0.1) is 0 Å². The largest absolute Gasteiger partial charge is 0.489 e. The van der Waals surface area contributed by atoms with Crippen LogP contribution in [0.2, 0.25) is 0 Å². The molecular weight excluding hydrogens is 474 g/mol. The smallest absolute Gasteiger partial charge is 0.262 e. The first-order chi connectivity index (χ1) is 17.6. The van der Waals surface area contributed by atoms with Crippen LogP contribution in [-0.2, 0) is 17.2 Å². The van der Waals surface area contributed by atoms with Gasteiger partial charge in [0.15, 0.2) is 17.5 Å². The lowest BCUT2D eigenvalue weighted by Gasteiger charge is -2.13. The molecule has 1 aromatic heterocycles. The number of hydrogen-bond acceptors (Lipinski definition) is 7. The normalized spacial score (nSPS) is 10.5. The van der Waals surface area contributed by atoms with Crippen molar-refractivity contribution in [2.45, 2.75) is 24.4 Å². The van der Waals surface area contributed by atoms with Crippen molar-refractivity contribution in [1.82, 2.24) is 9.97 Å². The fourth-order valence-corrected chi connectivity index (χ4v) is 4.05. The van der Waals surface area contributed by atoms with Crippen molar-refractivity contribution in [3.8, 4) is 11.5 Å². The Morgan fingerprint density at radius 3 is 2.36 bits per heavy atom. The number of rotatable bonds is 11. The van der Waals surface area contributed by atoms with Gasteiger partial charge >= 0.3 is 0 Å². The second-order valence-electron chi connectivity index (χ2n) is 7.83. The number of ether oxygens (including phenoxy) is 2. The molecule has 1 amide bonds. The summed E-state index contributed by atoms with van der Waals surface area (Å²) in [5, 5.41) is 3.44. The number of aromatic nitrogens is 2. The van der Waals surface area contributed by atoms with Gasteiger partial charge in [-0.25, -0.2) is 9.97 Å². The molecule has 0 aliphatic carbocycles. The van der Waals surface area contributed by atoms with E-state index in [0.29, 0.717) is 40.3 Å². The number of amides is 1. The molecule has 0 fully saturated rings. The van der Waals surface area contributed by atoms with E-state index in [4.69, 9.17) is 9.47 Å². The number of ketones is 1. The molecule has 36 heavy (non-hydrogen) atoms. The van der Waals surface area contributed by atoms with Gasteiger partial charge in [-0.05, 0) is 61.0 Å². The van der Waals surface area contributed by atoms with Crippen LogP contribution in [-0.4, -0.2) is 28.3 Å². The highest BCUT2D eigenvalue weighted by Crippen LogP contribution is 2.27. The Balaban J connectivity index is 1.32. The van der Waals surface area contributed by atoms with Gasteiger partial charge in [-0.3, -0.25) is 9.59 Å². The maximum absolute atomic E-state index is 12.5. The van der Waals surface area contributed by atoms with Crippen LogP contribution >= 0.6 is 11.8 Å². The molecule has 1 heterocycles. The van der Waals surface area contributed by atoms with Gasteiger partial charge in [0.1, 0.15) is 18.1 Å². The van der Waals surface area contributed by atoms with E-state index >= 15 is 0 Å². The Labute approximate surface area is 213 Å². The molecular formula is C28H25N3O4S. The molecule has 0 atom stereocenters. The van der Waals surface area contributed by atoms with Crippen LogP contribution in [0.5, 0.6) is 11.5 Å². The summed E-state index contributed by atoms with van der Waals surface area (Å²) >= 11 is 1.42. The number of Topliss-reactive ketones (excluding diaryl/α,β-unsaturated/α-hetero) is 1. The second-order valence-corrected chi connectivity index (χ2v) is 8.78. The maximum atomic E-state index is 12.5. The van der Waals surface area contributed by atoms with Crippen molar-refractivity contribution in [1.29, 1.82) is 0 Å². The van der Waals surface area contributed by atoms with Crippen molar-refractivity contribution < 1.29 is 19.1 Å². The highest BCUT2D eigenvalue weighted by Gasteiger charge is 2.12. The zero-order valence-corrected chi connectivity index (χ0v) is 20.5. The Morgan fingerprint density at radius 2 is 1.64 bits per heavy atom. The highest BCUT2D eigenvalue weighted by molar-refractivity contribution is 7.98. The lowest BCUT2D eigenvalue weighted by molar-refractivity contribution is -0.118. The van der Waals surface area contributed by atoms with E-state index in [1.807, 2.05) is 30.3 Å². The van der Waals surface area contributed by atoms with Gasteiger partial charge in [-0.1, -0.05) is 42.1 Å². The van der Waals surface area contributed by atoms with Gasteiger partial charge in [0.2, 0.25) is 0 Å².